The number of nitrogens with two attached hydrogens (primary N) is 1. The third kappa shape index (κ3) is 3.40. The van der Waals surface area contributed by atoms with E-state index < -0.39 is 0 Å². The summed E-state index contributed by atoms with van der Waals surface area (Å²) in [5.41, 5.74) is 8.99. The molecule has 1 heterocycles. The van der Waals surface area contributed by atoms with Gasteiger partial charge in [0.2, 0.25) is 0 Å². The fourth-order valence-corrected chi connectivity index (χ4v) is 4.84. The highest BCUT2D eigenvalue weighted by Crippen LogP contribution is 2.39. The Morgan fingerprint density at radius 2 is 1.92 bits per heavy atom. The van der Waals surface area contributed by atoms with E-state index in [4.69, 9.17) is 5.73 Å². The maximum atomic E-state index is 12.9. The van der Waals surface area contributed by atoms with Crippen molar-refractivity contribution in [3.63, 3.8) is 0 Å². The van der Waals surface area contributed by atoms with Crippen LogP contribution in [-0.4, -0.2) is 27.8 Å². The van der Waals surface area contributed by atoms with E-state index in [-0.39, 0.29) is 11.9 Å². The first kappa shape index (κ1) is 17.3. The lowest BCUT2D eigenvalue weighted by molar-refractivity contribution is 0.0755. The maximum Gasteiger partial charge on any atom is 0.254 e. The number of nitrogens with one attached hydrogen (secondary N) is 1. The molecule has 1 aromatic heterocycles. The molecule has 5 heteroatoms. The van der Waals surface area contributed by atoms with E-state index in [1.54, 1.807) is 6.20 Å². The summed E-state index contributed by atoms with van der Waals surface area (Å²) in [6.45, 7) is 2.66. The topological polar surface area (TPSA) is 72.9 Å². The Morgan fingerprint density at radius 1 is 1.23 bits per heavy atom. The van der Waals surface area contributed by atoms with Crippen LogP contribution in [0.25, 0.3) is 0 Å². The van der Waals surface area contributed by atoms with E-state index in [2.05, 4.69) is 22.5 Å². The molecule has 0 radical (unpaired) electrons. The monoisotopic (exact) mass is 352 g/mol. The summed E-state index contributed by atoms with van der Waals surface area (Å²) in [4.78, 5) is 12.9. The molecule has 138 valence electrons. The zero-order chi connectivity index (χ0) is 18.1. The first-order valence-electron chi connectivity index (χ1n) is 9.74. The van der Waals surface area contributed by atoms with E-state index in [1.165, 1.54) is 24.8 Å². The predicted octanol–water partition coefficient (Wildman–Crippen LogP) is 2.88. The number of aromatic nitrogens is 2. The van der Waals surface area contributed by atoms with Crippen LogP contribution in [0.1, 0.15) is 53.7 Å². The van der Waals surface area contributed by atoms with Gasteiger partial charge in [0.25, 0.3) is 5.91 Å². The van der Waals surface area contributed by atoms with Gasteiger partial charge in [-0.3, -0.25) is 9.48 Å². The molecule has 26 heavy (non-hydrogen) atoms. The van der Waals surface area contributed by atoms with Crippen molar-refractivity contribution in [2.24, 2.45) is 17.6 Å². The lowest BCUT2D eigenvalue weighted by Crippen LogP contribution is -2.53. The standard InChI is InChI=1S/C21H28N4O/c1-14-19(12-23-25(14)13-15-6-3-2-4-7-15)21(26)24-20-16-8-5-9-17(20)11-18(22)10-16/h2-4,6-7,12,16-18,20H,5,8-11,13,22H2,1H3,(H,24,26). The molecule has 0 saturated heterocycles. The van der Waals surface area contributed by atoms with Crippen molar-refractivity contribution < 1.29 is 4.79 Å². The molecule has 1 aromatic carbocycles. The van der Waals surface area contributed by atoms with Crippen molar-refractivity contribution in [2.75, 3.05) is 0 Å². The van der Waals surface area contributed by atoms with Crippen LogP contribution >= 0.6 is 0 Å². The summed E-state index contributed by atoms with van der Waals surface area (Å²) in [6, 6.07) is 10.8. The number of hydrogen-bond acceptors (Lipinski definition) is 3. The van der Waals surface area contributed by atoms with Gasteiger partial charge in [-0.2, -0.15) is 5.10 Å². The van der Waals surface area contributed by atoms with Gasteiger partial charge in [0.05, 0.1) is 18.3 Å². The van der Waals surface area contributed by atoms with Crippen LogP contribution in [0, 0.1) is 18.8 Å². The Kier molecular flexibility index (Phi) is 4.81. The van der Waals surface area contributed by atoms with Crippen LogP contribution in [0.3, 0.4) is 0 Å². The van der Waals surface area contributed by atoms with Gasteiger partial charge >= 0.3 is 0 Å². The summed E-state index contributed by atoms with van der Waals surface area (Å²) >= 11 is 0. The first-order valence-corrected chi connectivity index (χ1v) is 9.74. The lowest BCUT2D eigenvalue weighted by atomic mass is 9.67. The molecule has 2 saturated carbocycles. The van der Waals surface area contributed by atoms with Gasteiger partial charge in [0.1, 0.15) is 0 Å². The summed E-state index contributed by atoms with van der Waals surface area (Å²) in [5, 5.41) is 7.77. The predicted molar refractivity (Wildman–Crippen MR) is 102 cm³/mol. The minimum atomic E-state index is 0.0131. The summed E-state index contributed by atoms with van der Waals surface area (Å²) < 4.78 is 1.90. The molecule has 3 N–H and O–H groups in total. The third-order valence-electron chi connectivity index (χ3n) is 6.20. The molecule has 2 unspecified atom stereocenters. The largest absolute Gasteiger partial charge is 0.349 e. The van der Waals surface area contributed by atoms with Gasteiger partial charge in [0, 0.05) is 17.8 Å². The Balaban J connectivity index is 1.47. The van der Waals surface area contributed by atoms with Crippen LogP contribution in [0.5, 0.6) is 0 Å². The Bertz CT molecular complexity index is 756. The van der Waals surface area contributed by atoms with Crippen molar-refractivity contribution in [3.8, 4) is 0 Å². The number of hydrogen-bond donors (Lipinski definition) is 2. The van der Waals surface area contributed by atoms with E-state index in [1.807, 2.05) is 29.8 Å². The molecule has 0 aliphatic heterocycles. The fourth-order valence-electron chi connectivity index (χ4n) is 4.84. The molecule has 0 spiro atoms. The number of amides is 1. The number of carbonyl (C=O) groups excluding carboxylic acids is 1. The quantitative estimate of drug-likeness (QED) is 0.889. The van der Waals surface area contributed by atoms with Crippen molar-refractivity contribution in [2.45, 2.75) is 57.7 Å². The number of nitrogens with zero attached hydrogens (tertiary/aromatic N) is 2. The Morgan fingerprint density at radius 3 is 2.62 bits per heavy atom. The highest BCUT2D eigenvalue weighted by molar-refractivity contribution is 5.95. The average molecular weight is 352 g/mol. The van der Waals surface area contributed by atoms with Crippen LogP contribution in [0.15, 0.2) is 36.5 Å². The van der Waals surface area contributed by atoms with Crippen LogP contribution in [-0.2, 0) is 6.54 Å². The normalized spacial score (nSPS) is 27.9. The highest BCUT2D eigenvalue weighted by Gasteiger charge is 2.40. The molecule has 2 bridgehead atoms. The van der Waals surface area contributed by atoms with Gasteiger partial charge in [-0.05, 0) is 50.0 Å². The van der Waals surface area contributed by atoms with Gasteiger partial charge in [-0.1, -0.05) is 36.8 Å². The molecule has 5 nitrogen and oxygen atoms in total. The third-order valence-corrected chi connectivity index (χ3v) is 6.20. The van der Waals surface area contributed by atoms with Gasteiger partial charge in [-0.25, -0.2) is 0 Å². The SMILES string of the molecule is Cc1c(C(=O)NC2C3CCCC2CC(N)C3)cnn1Cc1ccccc1. The van der Waals surface area contributed by atoms with Crippen molar-refractivity contribution in [1.82, 2.24) is 15.1 Å². The molecular formula is C21H28N4O. The number of rotatable bonds is 4. The minimum absolute atomic E-state index is 0.0131. The number of fused-ring (bicyclic) bond motifs is 2. The smallest absolute Gasteiger partial charge is 0.254 e. The van der Waals surface area contributed by atoms with Crippen molar-refractivity contribution in [3.05, 3.63) is 53.3 Å². The highest BCUT2D eigenvalue weighted by atomic mass is 16.1. The average Bonchev–Trinajstić information content (AvgIpc) is 2.97. The number of carbonyl (C=O) groups is 1. The molecule has 2 aliphatic carbocycles. The van der Waals surface area contributed by atoms with Gasteiger partial charge in [0.15, 0.2) is 0 Å². The van der Waals surface area contributed by atoms with Crippen LogP contribution < -0.4 is 11.1 Å². The van der Waals surface area contributed by atoms with Crippen LogP contribution in [0.4, 0.5) is 0 Å². The van der Waals surface area contributed by atoms with Crippen molar-refractivity contribution in [1.29, 1.82) is 0 Å². The molecule has 2 aromatic rings. The second-order valence-corrected chi connectivity index (χ2v) is 7.97. The molecule has 4 rings (SSSR count). The van der Waals surface area contributed by atoms with Crippen molar-refractivity contribution >= 4 is 5.91 Å². The Labute approximate surface area is 155 Å². The zero-order valence-corrected chi connectivity index (χ0v) is 15.4. The second-order valence-electron chi connectivity index (χ2n) is 7.97. The van der Waals surface area contributed by atoms with E-state index in [0.717, 1.165) is 18.5 Å². The summed E-state index contributed by atoms with van der Waals surface area (Å²) in [7, 11) is 0. The first-order chi connectivity index (χ1) is 12.6. The molecule has 2 atom stereocenters. The maximum absolute atomic E-state index is 12.9. The molecule has 2 aliphatic rings. The molecule has 1 amide bonds. The Hall–Kier alpha value is -2.14. The van der Waals surface area contributed by atoms with E-state index in [9.17, 15) is 4.79 Å². The zero-order valence-electron chi connectivity index (χ0n) is 15.4. The molecular weight excluding hydrogens is 324 g/mol. The van der Waals surface area contributed by atoms with E-state index >= 15 is 0 Å². The summed E-state index contributed by atoms with van der Waals surface area (Å²) in [5.74, 6) is 1.07. The van der Waals surface area contributed by atoms with E-state index in [0.29, 0.717) is 30.0 Å². The van der Waals surface area contributed by atoms with Gasteiger partial charge < -0.3 is 11.1 Å². The summed E-state index contributed by atoms with van der Waals surface area (Å²) in [6.07, 6.45) is 7.41. The lowest BCUT2D eigenvalue weighted by Gasteiger charge is -2.45. The van der Waals surface area contributed by atoms with Gasteiger partial charge in [-0.15, -0.1) is 0 Å². The van der Waals surface area contributed by atoms with Crippen LogP contribution in [0.2, 0.25) is 0 Å². The minimum Gasteiger partial charge on any atom is -0.349 e. The fraction of sp³-hybridized carbons (Fsp3) is 0.524. The second kappa shape index (κ2) is 7.23. The molecule has 2 fully saturated rings. The number of benzene rings is 1.